The fourth-order valence-corrected chi connectivity index (χ4v) is 1.87. The van der Waals surface area contributed by atoms with Gasteiger partial charge in [0.2, 0.25) is 0 Å². The second kappa shape index (κ2) is 7.48. The molecule has 1 rings (SSSR count). The molecule has 1 aromatic rings. The van der Waals surface area contributed by atoms with Crippen LogP contribution in [0.3, 0.4) is 0 Å². The second-order valence-electron chi connectivity index (χ2n) is 4.01. The van der Waals surface area contributed by atoms with Crippen molar-refractivity contribution in [3.05, 3.63) is 35.4 Å². The Labute approximate surface area is 114 Å². The van der Waals surface area contributed by atoms with Crippen LogP contribution in [0, 0.1) is 0 Å². The van der Waals surface area contributed by atoms with Crippen molar-refractivity contribution in [3.63, 3.8) is 0 Å². The normalized spacial score (nSPS) is 15.3. The molecule has 0 saturated heterocycles. The summed E-state index contributed by atoms with van der Waals surface area (Å²) in [5, 5.41) is 10.1. The number of hydrogen-bond donors (Lipinski definition) is 2. The monoisotopic (exact) mass is 273 g/mol. The summed E-state index contributed by atoms with van der Waals surface area (Å²) in [6, 6.07) is 6.87. The minimum absolute atomic E-state index is 0. The first-order valence-electron chi connectivity index (χ1n) is 5.67. The molecule has 0 aromatic heterocycles. The quantitative estimate of drug-likeness (QED) is 0.613. The summed E-state index contributed by atoms with van der Waals surface area (Å²) in [7, 11) is 1.43. The van der Waals surface area contributed by atoms with Gasteiger partial charge in [-0.15, -0.1) is 12.4 Å². The third-order valence-corrected chi connectivity index (χ3v) is 2.90. The number of rotatable bonds is 6. The summed E-state index contributed by atoms with van der Waals surface area (Å²) < 4.78 is 5.25. The molecular weight excluding hydrogens is 254 g/mol. The van der Waals surface area contributed by atoms with Gasteiger partial charge in [-0.1, -0.05) is 37.6 Å². The number of carbonyl (C=O) groups is 1. The van der Waals surface area contributed by atoms with Crippen molar-refractivity contribution in [2.75, 3.05) is 7.11 Å². The van der Waals surface area contributed by atoms with Gasteiger partial charge in [0.1, 0.15) is 12.4 Å². The lowest BCUT2D eigenvalue weighted by atomic mass is 9.91. The van der Waals surface area contributed by atoms with Gasteiger partial charge in [0, 0.05) is 18.2 Å². The number of aliphatic hydroxyl groups excluding tert-OH is 1. The number of halogens is 1. The Kier molecular flexibility index (Phi) is 7.09. The van der Waals surface area contributed by atoms with E-state index in [4.69, 9.17) is 10.5 Å². The second-order valence-corrected chi connectivity index (χ2v) is 4.01. The summed E-state index contributed by atoms with van der Waals surface area (Å²) in [4.78, 5) is 11.0. The van der Waals surface area contributed by atoms with Gasteiger partial charge in [0.25, 0.3) is 0 Å². The first-order valence-corrected chi connectivity index (χ1v) is 5.67. The van der Waals surface area contributed by atoms with E-state index in [0.717, 1.165) is 6.42 Å². The molecule has 0 spiro atoms. The van der Waals surface area contributed by atoms with Crippen LogP contribution >= 0.6 is 12.4 Å². The number of nitrogens with two attached hydrogens (primary N) is 1. The minimum Gasteiger partial charge on any atom is -0.388 e. The Hall–Kier alpha value is -0.940. The molecule has 0 bridgehead atoms. The molecule has 2 atom stereocenters. The molecule has 0 aliphatic carbocycles. The molecule has 0 saturated carbocycles. The van der Waals surface area contributed by atoms with Crippen LogP contribution in [0.15, 0.2) is 24.3 Å². The predicted octanol–water partition coefficient (Wildman–Crippen LogP) is 1.84. The molecule has 3 N–H and O–H groups in total. The van der Waals surface area contributed by atoms with E-state index in [9.17, 15) is 9.90 Å². The van der Waals surface area contributed by atoms with Crippen LogP contribution in [-0.2, 0) is 10.5 Å². The summed E-state index contributed by atoms with van der Waals surface area (Å²) in [6.07, 6.45) is 1.16. The predicted molar refractivity (Wildman–Crippen MR) is 72.9 cm³/mol. The van der Waals surface area contributed by atoms with Gasteiger partial charge >= 0.3 is 0 Å². The van der Waals surface area contributed by atoms with Gasteiger partial charge in [-0.2, -0.15) is 0 Å². The lowest BCUT2D eigenvalue weighted by molar-refractivity contribution is -0.108. The lowest BCUT2D eigenvalue weighted by Crippen LogP contribution is -2.50. The van der Waals surface area contributed by atoms with Crippen LogP contribution < -0.4 is 5.73 Å². The van der Waals surface area contributed by atoms with Crippen LogP contribution in [0.2, 0.25) is 0 Å². The number of methoxy groups -OCH3 is 1. The van der Waals surface area contributed by atoms with E-state index in [1.165, 1.54) is 7.11 Å². The summed E-state index contributed by atoms with van der Waals surface area (Å²) >= 11 is 0. The van der Waals surface area contributed by atoms with Crippen molar-refractivity contribution in [1.82, 2.24) is 0 Å². The number of benzene rings is 1. The Morgan fingerprint density at radius 1 is 1.50 bits per heavy atom. The zero-order valence-corrected chi connectivity index (χ0v) is 11.4. The minimum atomic E-state index is -1.34. The van der Waals surface area contributed by atoms with Crippen LogP contribution in [0.1, 0.15) is 35.7 Å². The summed E-state index contributed by atoms with van der Waals surface area (Å²) in [6.45, 7) is 1.95. The standard InChI is InChI=1S/C13H19NO3.ClH/c1-3-6-12(16)13(14,17-2)11-8-5-4-7-10(11)9-15;/h4-5,7-9,12,16H,3,6,14H2,1-2H3;1H/t12-,13-;/m1./s1. The highest BCUT2D eigenvalue weighted by Crippen LogP contribution is 2.28. The van der Waals surface area contributed by atoms with Gasteiger partial charge in [-0.05, 0) is 6.42 Å². The molecule has 1 aromatic carbocycles. The molecule has 18 heavy (non-hydrogen) atoms. The molecule has 0 amide bonds. The molecule has 102 valence electrons. The maximum absolute atomic E-state index is 11.0. The Bertz CT molecular complexity index is 386. The van der Waals surface area contributed by atoms with E-state index >= 15 is 0 Å². The van der Waals surface area contributed by atoms with E-state index < -0.39 is 11.8 Å². The molecule has 0 aliphatic heterocycles. The molecule has 4 nitrogen and oxygen atoms in total. The molecule has 0 radical (unpaired) electrons. The van der Waals surface area contributed by atoms with Crippen molar-refractivity contribution in [2.45, 2.75) is 31.6 Å². The van der Waals surface area contributed by atoms with E-state index in [1.54, 1.807) is 24.3 Å². The summed E-state index contributed by atoms with van der Waals surface area (Å²) in [5.74, 6) is 0. The van der Waals surface area contributed by atoms with Crippen molar-refractivity contribution >= 4 is 18.7 Å². The first-order chi connectivity index (χ1) is 8.10. The number of hydrogen-bond acceptors (Lipinski definition) is 4. The van der Waals surface area contributed by atoms with Crippen LogP contribution in [0.25, 0.3) is 0 Å². The molecule has 5 heteroatoms. The Morgan fingerprint density at radius 2 is 2.11 bits per heavy atom. The topological polar surface area (TPSA) is 72.6 Å². The van der Waals surface area contributed by atoms with Gasteiger partial charge in [-0.25, -0.2) is 0 Å². The highest BCUT2D eigenvalue weighted by atomic mass is 35.5. The van der Waals surface area contributed by atoms with Crippen LogP contribution in [-0.4, -0.2) is 24.6 Å². The van der Waals surface area contributed by atoms with Crippen molar-refractivity contribution < 1.29 is 14.6 Å². The zero-order chi connectivity index (χ0) is 12.9. The van der Waals surface area contributed by atoms with Gasteiger partial charge in [-0.3, -0.25) is 10.5 Å². The summed E-state index contributed by atoms with van der Waals surface area (Å²) in [5.41, 5.74) is 5.70. The van der Waals surface area contributed by atoms with E-state index in [1.807, 2.05) is 6.92 Å². The van der Waals surface area contributed by atoms with Gasteiger partial charge in [0.15, 0.2) is 5.72 Å². The third-order valence-electron chi connectivity index (χ3n) is 2.90. The molecule has 0 heterocycles. The van der Waals surface area contributed by atoms with E-state index in [0.29, 0.717) is 23.8 Å². The highest BCUT2D eigenvalue weighted by Gasteiger charge is 2.36. The first kappa shape index (κ1) is 17.1. The van der Waals surface area contributed by atoms with E-state index in [-0.39, 0.29) is 12.4 Å². The fraction of sp³-hybridized carbons (Fsp3) is 0.462. The van der Waals surface area contributed by atoms with Gasteiger partial charge < -0.3 is 9.84 Å². The number of aliphatic hydroxyl groups is 1. The van der Waals surface area contributed by atoms with Crippen molar-refractivity contribution in [3.8, 4) is 0 Å². The van der Waals surface area contributed by atoms with Crippen molar-refractivity contribution in [2.24, 2.45) is 5.73 Å². The molecule has 0 aliphatic rings. The van der Waals surface area contributed by atoms with E-state index in [2.05, 4.69) is 0 Å². The maximum Gasteiger partial charge on any atom is 0.169 e. The molecular formula is C13H20ClNO3. The third kappa shape index (κ3) is 3.29. The van der Waals surface area contributed by atoms with Crippen LogP contribution in [0.5, 0.6) is 0 Å². The van der Waals surface area contributed by atoms with Gasteiger partial charge in [0.05, 0.1) is 0 Å². The van der Waals surface area contributed by atoms with Crippen LogP contribution in [0.4, 0.5) is 0 Å². The number of aldehydes is 1. The zero-order valence-electron chi connectivity index (χ0n) is 10.6. The molecule has 0 unspecified atom stereocenters. The Morgan fingerprint density at radius 3 is 2.61 bits per heavy atom. The lowest BCUT2D eigenvalue weighted by Gasteiger charge is -2.34. The fourth-order valence-electron chi connectivity index (χ4n) is 1.87. The average Bonchev–Trinajstić information content (AvgIpc) is 2.38. The SMILES string of the molecule is CCC[C@@H](O)[C@](N)(OC)c1ccccc1C=O.Cl. The average molecular weight is 274 g/mol. The highest BCUT2D eigenvalue weighted by molar-refractivity contribution is 5.85. The molecule has 0 fully saturated rings. The maximum atomic E-state index is 11.0. The number of ether oxygens (including phenoxy) is 1. The smallest absolute Gasteiger partial charge is 0.169 e. The van der Waals surface area contributed by atoms with Crippen molar-refractivity contribution in [1.29, 1.82) is 0 Å². The Balaban J connectivity index is 0.00000289. The number of carbonyl (C=O) groups excluding carboxylic acids is 1. The largest absolute Gasteiger partial charge is 0.388 e.